The molecule has 0 spiro atoms. The quantitative estimate of drug-likeness (QED) is 0.719. The van der Waals surface area contributed by atoms with Crippen LogP contribution < -0.4 is 4.90 Å². The summed E-state index contributed by atoms with van der Waals surface area (Å²) in [7, 11) is 0. The van der Waals surface area contributed by atoms with Crippen molar-refractivity contribution in [3.8, 4) is 0 Å². The summed E-state index contributed by atoms with van der Waals surface area (Å²) in [5, 5.41) is 0. The molecule has 122 valence electrons. The van der Waals surface area contributed by atoms with E-state index in [4.69, 9.17) is 0 Å². The summed E-state index contributed by atoms with van der Waals surface area (Å²) in [6.45, 7) is 9.53. The van der Waals surface area contributed by atoms with Crippen molar-refractivity contribution in [1.29, 1.82) is 0 Å². The van der Waals surface area contributed by atoms with E-state index in [1.165, 1.54) is 42.7 Å². The van der Waals surface area contributed by atoms with E-state index in [1.54, 1.807) is 0 Å². The molecule has 3 rings (SSSR count). The average Bonchev–Trinajstić information content (AvgIpc) is 2.56. The van der Waals surface area contributed by atoms with E-state index in [0.29, 0.717) is 5.41 Å². The second-order valence-electron chi connectivity index (χ2n) is 7.96. The van der Waals surface area contributed by atoms with Crippen molar-refractivity contribution in [2.45, 2.75) is 40.0 Å². The predicted octanol–water partition coefficient (Wildman–Crippen LogP) is 5.54. The Kier molecular flexibility index (Phi) is 4.75. The van der Waals surface area contributed by atoms with Crippen LogP contribution in [0.3, 0.4) is 0 Å². The first-order chi connectivity index (χ1) is 11.0. The zero-order chi connectivity index (χ0) is 16.3. The highest BCUT2D eigenvalue weighted by Crippen LogP contribution is 2.35. The lowest BCUT2D eigenvalue weighted by molar-refractivity contribution is 0.199. The van der Waals surface area contributed by atoms with Gasteiger partial charge >= 0.3 is 0 Å². The molecule has 2 aromatic rings. The minimum atomic E-state index is 0.450. The SMILES string of the molecule is CC(C)(C)C1CCN(c2ccc(Cc3ccccc3)cc2)CC1. The number of nitrogens with zero attached hydrogens (tertiary/aromatic N) is 1. The maximum absolute atomic E-state index is 2.55. The van der Waals surface area contributed by atoms with Crippen molar-refractivity contribution < 1.29 is 0 Å². The molecule has 0 atom stereocenters. The third kappa shape index (κ3) is 4.16. The van der Waals surface area contributed by atoms with Crippen LogP contribution in [-0.2, 0) is 6.42 Å². The summed E-state index contributed by atoms with van der Waals surface area (Å²) in [6.07, 6.45) is 3.65. The fraction of sp³-hybridized carbons (Fsp3) is 0.455. The highest BCUT2D eigenvalue weighted by atomic mass is 15.1. The minimum absolute atomic E-state index is 0.450. The van der Waals surface area contributed by atoms with Crippen molar-refractivity contribution >= 4 is 5.69 Å². The normalized spacial score (nSPS) is 16.6. The Labute approximate surface area is 141 Å². The van der Waals surface area contributed by atoms with Crippen molar-refractivity contribution in [2.75, 3.05) is 18.0 Å². The number of benzene rings is 2. The van der Waals surface area contributed by atoms with E-state index in [9.17, 15) is 0 Å². The third-order valence-electron chi connectivity index (χ3n) is 5.27. The summed E-state index contributed by atoms with van der Waals surface area (Å²) < 4.78 is 0. The molecule has 0 N–H and O–H groups in total. The number of hydrogen-bond donors (Lipinski definition) is 0. The Hall–Kier alpha value is -1.76. The Morgan fingerprint density at radius 2 is 1.39 bits per heavy atom. The number of piperidine rings is 1. The van der Waals surface area contributed by atoms with Crippen molar-refractivity contribution in [2.24, 2.45) is 11.3 Å². The molecular weight excluding hydrogens is 278 g/mol. The van der Waals surface area contributed by atoms with Crippen LogP contribution in [0.5, 0.6) is 0 Å². The molecule has 0 radical (unpaired) electrons. The van der Waals surface area contributed by atoms with Crippen molar-refractivity contribution in [3.05, 3.63) is 65.7 Å². The van der Waals surface area contributed by atoms with Crippen molar-refractivity contribution in [3.63, 3.8) is 0 Å². The first-order valence-corrected chi connectivity index (χ1v) is 8.90. The monoisotopic (exact) mass is 307 g/mol. The average molecular weight is 307 g/mol. The van der Waals surface area contributed by atoms with Gasteiger partial charge in [-0.05, 0) is 53.9 Å². The smallest absolute Gasteiger partial charge is 0.0366 e. The molecule has 1 heteroatoms. The van der Waals surface area contributed by atoms with E-state index < -0.39 is 0 Å². The molecule has 0 unspecified atom stereocenters. The Morgan fingerprint density at radius 3 is 1.96 bits per heavy atom. The predicted molar refractivity (Wildman–Crippen MR) is 100 cm³/mol. The van der Waals surface area contributed by atoms with E-state index in [-0.39, 0.29) is 0 Å². The molecule has 0 aliphatic carbocycles. The first-order valence-electron chi connectivity index (χ1n) is 8.90. The van der Waals surface area contributed by atoms with Gasteiger partial charge in [0, 0.05) is 18.8 Å². The van der Waals surface area contributed by atoms with Gasteiger partial charge in [0.05, 0.1) is 0 Å². The largest absolute Gasteiger partial charge is 0.372 e. The van der Waals surface area contributed by atoms with Gasteiger partial charge in [-0.3, -0.25) is 0 Å². The summed E-state index contributed by atoms with van der Waals surface area (Å²) in [5.74, 6) is 0.858. The van der Waals surface area contributed by atoms with Gasteiger partial charge in [-0.1, -0.05) is 63.2 Å². The second-order valence-corrected chi connectivity index (χ2v) is 7.96. The van der Waals surface area contributed by atoms with E-state index in [1.807, 2.05) is 0 Å². The van der Waals surface area contributed by atoms with Gasteiger partial charge in [0.2, 0.25) is 0 Å². The molecule has 1 nitrogen and oxygen atoms in total. The number of rotatable bonds is 3. The van der Waals surface area contributed by atoms with E-state index in [2.05, 4.69) is 80.3 Å². The van der Waals surface area contributed by atoms with Gasteiger partial charge in [-0.2, -0.15) is 0 Å². The van der Waals surface area contributed by atoms with E-state index >= 15 is 0 Å². The zero-order valence-corrected chi connectivity index (χ0v) is 14.8. The molecule has 23 heavy (non-hydrogen) atoms. The zero-order valence-electron chi connectivity index (χ0n) is 14.8. The van der Waals surface area contributed by atoms with Gasteiger partial charge in [0.15, 0.2) is 0 Å². The van der Waals surface area contributed by atoms with Gasteiger partial charge in [0.1, 0.15) is 0 Å². The third-order valence-corrected chi connectivity index (χ3v) is 5.27. The Bertz CT molecular complexity index is 599. The van der Waals surface area contributed by atoms with Crippen molar-refractivity contribution in [1.82, 2.24) is 0 Å². The van der Waals surface area contributed by atoms with Gasteiger partial charge in [-0.25, -0.2) is 0 Å². The first kappa shape index (κ1) is 16.1. The summed E-state index contributed by atoms with van der Waals surface area (Å²) in [6, 6.07) is 19.9. The molecule has 1 aliphatic rings. The van der Waals surface area contributed by atoms with Crippen LogP contribution in [0.1, 0.15) is 44.7 Å². The van der Waals surface area contributed by atoms with Crippen LogP contribution in [0.15, 0.2) is 54.6 Å². The molecular formula is C22H29N. The van der Waals surface area contributed by atoms with Crippen LogP contribution in [0.4, 0.5) is 5.69 Å². The van der Waals surface area contributed by atoms with Gasteiger partial charge in [0.25, 0.3) is 0 Å². The van der Waals surface area contributed by atoms with E-state index in [0.717, 1.165) is 12.3 Å². The Morgan fingerprint density at radius 1 is 0.826 bits per heavy atom. The molecule has 0 aromatic heterocycles. The van der Waals surface area contributed by atoms with Crippen LogP contribution in [0, 0.1) is 11.3 Å². The lowest BCUT2D eigenvalue weighted by atomic mass is 9.75. The molecule has 1 saturated heterocycles. The van der Waals surface area contributed by atoms with Crippen LogP contribution >= 0.6 is 0 Å². The molecule has 1 fully saturated rings. The highest BCUT2D eigenvalue weighted by Gasteiger charge is 2.28. The molecule has 0 amide bonds. The molecule has 2 aromatic carbocycles. The summed E-state index contributed by atoms with van der Waals surface area (Å²) in [5.41, 5.74) is 4.61. The lowest BCUT2D eigenvalue weighted by Crippen LogP contribution is -2.37. The Balaban J connectivity index is 1.60. The molecule has 1 heterocycles. The minimum Gasteiger partial charge on any atom is -0.372 e. The van der Waals surface area contributed by atoms with Crippen LogP contribution in [0.2, 0.25) is 0 Å². The summed E-state index contributed by atoms with van der Waals surface area (Å²) >= 11 is 0. The second kappa shape index (κ2) is 6.78. The van der Waals surface area contributed by atoms with Crippen LogP contribution in [0.25, 0.3) is 0 Å². The lowest BCUT2D eigenvalue weighted by Gasteiger charge is -2.39. The molecule has 0 saturated carbocycles. The summed E-state index contributed by atoms with van der Waals surface area (Å²) in [4.78, 5) is 2.55. The standard InChI is InChI=1S/C22H29N/c1-22(2,3)20-13-15-23(16-14-20)21-11-9-19(10-12-21)17-18-7-5-4-6-8-18/h4-12,20H,13-17H2,1-3H3. The molecule has 0 bridgehead atoms. The maximum Gasteiger partial charge on any atom is 0.0366 e. The number of hydrogen-bond acceptors (Lipinski definition) is 1. The highest BCUT2D eigenvalue weighted by molar-refractivity contribution is 5.48. The fourth-order valence-corrected chi connectivity index (χ4v) is 3.66. The maximum atomic E-state index is 2.55. The van der Waals surface area contributed by atoms with Crippen LogP contribution in [-0.4, -0.2) is 13.1 Å². The molecule has 1 aliphatic heterocycles. The topological polar surface area (TPSA) is 3.24 Å². The fourth-order valence-electron chi connectivity index (χ4n) is 3.66. The number of anilines is 1. The van der Waals surface area contributed by atoms with Gasteiger partial charge < -0.3 is 4.90 Å². The van der Waals surface area contributed by atoms with Gasteiger partial charge in [-0.15, -0.1) is 0 Å².